The fourth-order valence-corrected chi connectivity index (χ4v) is 6.79. The number of thioether (sulfide) groups is 1. The van der Waals surface area contributed by atoms with Crippen molar-refractivity contribution in [1.29, 1.82) is 0 Å². The molecule has 0 radical (unpaired) electrons. The number of sulfone groups is 1. The molecule has 0 bridgehead atoms. The predicted molar refractivity (Wildman–Crippen MR) is 130 cm³/mol. The maximum absolute atomic E-state index is 13.7. The van der Waals surface area contributed by atoms with Crippen LogP contribution in [0.25, 0.3) is 0 Å². The van der Waals surface area contributed by atoms with Crippen LogP contribution < -0.4 is 9.64 Å². The molecule has 10 heteroatoms. The topological polar surface area (TPSA) is 104 Å². The minimum absolute atomic E-state index is 0.0645. The molecule has 186 valence electrons. The molecule has 2 N–H and O–H groups in total. The van der Waals surface area contributed by atoms with Crippen LogP contribution in [0.2, 0.25) is 0 Å². The average Bonchev–Trinajstić information content (AvgIpc) is 2.87. The third-order valence-electron chi connectivity index (χ3n) is 5.90. The highest BCUT2D eigenvalue weighted by atomic mass is 32.2. The predicted octanol–water partition coefficient (Wildman–Crippen LogP) is 4.49. The van der Waals surface area contributed by atoms with E-state index in [1.807, 2.05) is 11.8 Å². The molecule has 0 saturated carbocycles. The van der Waals surface area contributed by atoms with Gasteiger partial charge in [0.15, 0.2) is 15.9 Å². The van der Waals surface area contributed by atoms with E-state index in [0.717, 1.165) is 12.8 Å². The van der Waals surface area contributed by atoms with E-state index in [1.54, 1.807) is 24.5 Å². The lowest BCUT2D eigenvalue weighted by atomic mass is 9.86. The molecule has 2 atom stereocenters. The zero-order chi connectivity index (χ0) is 25.1. The summed E-state index contributed by atoms with van der Waals surface area (Å²) in [6.07, 6.45) is 2.56. The number of aliphatic hydroxyl groups is 1. The third kappa shape index (κ3) is 5.84. The number of carboxylic acid groups (broad SMARTS) is 1. The highest BCUT2D eigenvalue weighted by molar-refractivity contribution is 7.98. The van der Waals surface area contributed by atoms with Crippen LogP contribution in [-0.4, -0.2) is 55.9 Å². The number of fused-ring (bicyclic) bond motifs is 1. The molecule has 1 aliphatic rings. The summed E-state index contributed by atoms with van der Waals surface area (Å²) < 4.78 is 46.4. The molecule has 0 amide bonds. The summed E-state index contributed by atoms with van der Waals surface area (Å²) in [6.45, 7) is 3.92. The standard InChI is InChI=1S/C24H30FNO6S2/c1-4-5-10-24(2)14-26(17-8-6-16(25)7-9-17)18-11-21(33-3)20(32-13-19(27)23(28)29)12-22(18)34(30,31)15-24/h6-9,11-12,19,27H,4-5,10,13-15H2,1-3H3,(H,28,29)/t19?,24-/m1/s1. The molecule has 2 aromatic carbocycles. The third-order valence-corrected chi connectivity index (χ3v) is 8.74. The quantitative estimate of drug-likeness (QED) is 0.475. The first kappa shape index (κ1) is 26.3. The normalized spacial score (nSPS) is 20.3. The number of halogens is 1. The Hall–Kier alpha value is -2.30. The van der Waals surface area contributed by atoms with Crippen LogP contribution in [0.3, 0.4) is 0 Å². The van der Waals surface area contributed by atoms with Crippen LogP contribution in [0, 0.1) is 11.2 Å². The zero-order valence-electron chi connectivity index (χ0n) is 19.5. The molecule has 3 rings (SSSR count). The summed E-state index contributed by atoms with van der Waals surface area (Å²) in [5.41, 5.74) is 0.578. The number of aliphatic carboxylic acids is 1. The van der Waals surface area contributed by atoms with Crippen LogP contribution in [0.5, 0.6) is 5.75 Å². The second kappa shape index (κ2) is 10.5. The van der Waals surface area contributed by atoms with Gasteiger partial charge in [0.1, 0.15) is 18.2 Å². The summed E-state index contributed by atoms with van der Waals surface area (Å²) in [6, 6.07) is 9.06. The van der Waals surface area contributed by atoms with Gasteiger partial charge >= 0.3 is 5.97 Å². The number of hydrogen-bond donors (Lipinski definition) is 2. The zero-order valence-corrected chi connectivity index (χ0v) is 21.1. The SMILES string of the molecule is CCCC[C@]1(C)CN(c2ccc(F)cc2)c2cc(SC)c(OCC(O)C(=O)O)cc2S(=O)(=O)C1. The van der Waals surface area contributed by atoms with Gasteiger partial charge in [-0.1, -0.05) is 26.7 Å². The monoisotopic (exact) mass is 511 g/mol. The van der Waals surface area contributed by atoms with Crippen molar-refractivity contribution < 1.29 is 32.6 Å². The minimum Gasteiger partial charge on any atom is -0.489 e. The Balaban J connectivity index is 2.17. The highest BCUT2D eigenvalue weighted by Gasteiger charge is 2.40. The van der Waals surface area contributed by atoms with Crippen molar-refractivity contribution in [3.63, 3.8) is 0 Å². The minimum atomic E-state index is -3.75. The Kier molecular flexibility index (Phi) is 8.15. The number of carbonyl (C=O) groups is 1. The molecule has 0 spiro atoms. The lowest BCUT2D eigenvalue weighted by molar-refractivity contribution is -0.148. The fourth-order valence-electron chi connectivity index (χ4n) is 4.16. The van der Waals surface area contributed by atoms with E-state index < -0.39 is 33.9 Å². The van der Waals surface area contributed by atoms with Gasteiger partial charge in [0.25, 0.3) is 0 Å². The number of ether oxygens (including phenoxy) is 1. The Morgan fingerprint density at radius 1 is 1.29 bits per heavy atom. The van der Waals surface area contributed by atoms with E-state index >= 15 is 0 Å². The summed E-state index contributed by atoms with van der Waals surface area (Å²) in [5, 5.41) is 18.6. The van der Waals surface area contributed by atoms with Gasteiger partial charge < -0.3 is 19.8 Å². The van der Waals surface area contributed by atoms with Crippen LogP contribution in [0.1, 0.15) is 33.1 Å². The van der Waals surface area contributed by atoms with E-state index in [1.165, 1.54) is 30.0 Å². The van der Waals surface area contributed by atoms with Gasteiger partial charge in [-0.25, -0.2) is 17.6 Å². The maximum atomic E-state index is 13.7. The van der Waals surface area contributed by atoms with Gasteiger partial charge in [0, 0.05) is 18.3 Å². The number of unbranched alkanes of at least 4 members (excludes halogenated alkanes) is 1. The van der Waals surface area contributed by atoms with Gasteiger partial charge in [0.2, 0.25) is 0 Å². The number of aliphatic hydroxyl groups excluding tert-OH is 1. The maximum Gasteiger partial charge on any atom is 0.336 e. The number of benzene rings is 2. The molecular weight excluding hydrogens is 481 g/mol. The van der Waals surface area contributed by atoms with E-state index in [9.17, 15) is 22.7 Å². The number of anilines is 2. The largest absolute Gasteiger partial charge is 0.489 e. The number of hydrogen-bond acceptors (Lipinski definition) is 7. The first-order valence-corrected chi connectivity index (χ1v) is 13.9. The van der Waals surface area contributed by atoms with Gasteiger partial charge in [-0.3, -0.25) is 0 Å². The fraction of sp³-hybridized carbons (Fsp3) is 0.458. The molecule has 1 aliphatic heterocycles. The first-order chi connectivity index (χ1) is 16.0. The molecule has 0 aromatic heterocycles. The molecule has 1 heterocycles. The molecule has 1 unspecified atom stereocenters. The van der Waals surface area contributed by atoms with Crippen molar-refractivity contribution in [3.05, 3.63) is 42.2 Å². The van der Waals surface area contributed by atoms with Crippen molar-refractivity contribution >= 4 is 38.9 Å². The van der Waals surface area contributed by atoms with Gasteiger partial charge in [-0.2, -0.15) is 0 Å². The first-order valence-electron chi connectivity index (χ1n) is 11.0. The Morgan fingerprint density at radius 3 is 2.56 bits per heavy atom. The Bertz CT molecular complexity index is 1140. The Morgan fingerprint density at radius 2 is 1.97 bits per heavy atom. The van der Waals surface area contributed by atoms with E-state index in [2.05, 4.69) is 6.92 Å². The summed E-state index contributed by atoms with van der Waals surface area (Å²) in [7, 11) is -3.75. The number of rotatable bonds is 9. The van der Waals surface area contributed by atoms with E-state index in [0.29, 0.717) is 29.2 Å². The second-order valence-corrected chi connectivity index (χ2v) is 11.7. The van der Waals surface area contributed by atoms with Crippen LogP contribution in [-0.2, 0) is 14.6 Å². The summed E-state index contributed by atoms with van der Waals surface area (Å²) in [4.78, 5) is 13.5. The molecule has 34 heavy (non-hydrogen) atoms. The molecule has 0 saturated heterocycles. The van der Waals surface area contributed by atoms with Crippen molar-refractivity contribution in [2.24, 2.45) is 5.41 Å². The molecule has 0 aliphatic carbocycles. The molecule has 0 fully saturated rings. The van der Waals surface area contributed by atoms with Crippen molar-refractivity contribution in [2.75, 3.05) is 30.1 Å². The lowest BCUT2D eigenvalue weighted by Gasteiger charge is -2.34. The molecular formula is C24H30FNO6S2. The van der Waals surface area contributed by atoms with Gasteiger partial charge in [-0.05, 0) is 48.4 Å². The van der Waals surface area contributed by atoms with Gasteiger partial charge in [0.05, 0.1) is 21.2 Å². The van der Waals surface area contributed by atoms with Gasteiger partial charge in [-0.15, -0.1) is 11.8 Å². The van der Waals surface area contributed by atoms with Crippen LogP contribution in [0.4, 0.5) is 15.8 Å². The average molecular weight is 512 g/mol. The van der Waals surface area contributed by atoms with Crippen molar-refractivity contribution in [3.8, 4) is 5.75 Å². The highest BCUT2D eigenvalue weighted by Crippen LogP contribution is 2.46. The summed E-state index contributed by atoms with van der Waals surface area (Å²) >= 11 is 1.31. The molecule has 7 nitrogen and oxygen atoms in total. The molecule has 2 aromatic rings. The van der Waals surface area contributed by atoms with Crippen molar-refractivity contribution in [2.45, 2.75) is 49.0 Å². The van der Waals surface area contributed by atoms with Crippen LogP contribution in [0.15, 0.2) is 46.2 Å². The Labute approximate surface area is 203 Å². The van der Waals surface area contributed by atoms with Crippen LogP contribution >= 0.6 is 11.8 Å². The second-order valence-electron chi connectivity index (χ2n) is 8.87. The van der Waals surface area contributed by atoms with E-state index in [-0.39, 0.29) is 22.2 Å². The smallest absolute Gasteiger partial charge is 0.336 e. The number of nitrogens with zero attached hydrogens (tertiary/aromatic N) is 1. The number of carboxylic acids is 1. The summed E-state index contributed by atoms with van der Waals surface area (Å²) in [5.74, 6) is -1.69. The van der Waals surface area contributed by atoms with Crippen molar-refractivity contribution in [1.82, 2.24) is 0 Å². The lowest BCUT2D eigenvalue weighted by Crippen LogP contribution is -2.35. The van der Waals surface area contributed by atoms with E-state index in [4.69, 9.17) is 9.84 Å².